The smallest absolute Gasteiger partial charge is 0.319 e. The van der Waals surface area contributed by atoms with E-state index in [2.05, 4.69) is 25.0 Å². The highest BCUT2D eigenvalue weighted by Crippen LogP contribution is 2.37. The highest BCUT2D eigenvalue weighted by atomic mass is 32.2. The number of aromatic nitrogens is 3. The lowest BCUT2D eigenvalue weighted by molar-refractivity contribution is 0.100. The van der Waals surface area contributed by atoms with Crippen molar-refractivity contribution in [2.24, 2.45) is 5.73 Å². The molecule has 0 saturated carbocycles. The highest BCUT2D eigenvalue weighted by molar-refractivity contribution is 7.92. The molecule has 0 saturated heterocycles. The van der Waals surface area contributed by atoms with Crippen molar-refractivity contribution in [3.05, 3.63) is 79.0 Å². The van der Waals surface area contributed by atoms with Gasteiger partial charge in [0, 0.05) is 29.0 Å². The summed E-state index contributed by atoms with van der Waals surface area (Å²) in [5.41, 5.74) is 8.72. The summed E-state index contributed by atoms with van der Waals surface area (Å²) in [6, 6.07) is 13.4. The van der Waals surface area contributed by atoms with E-state index in [0.717, 1.165) is 6.26 Å². The minimum Gasteiger partial charge on any atom is -0.480 e. The number of hydrogen-bond acceptors (Lipinski definition) is 10. The second-order valence-corrected chi connectivity index (χ2v) is 9.85. The van der Waals surface area contributed by atoms with Crippen LogP contribution in [0.15, 0.2) is 82.8 Å². The zero-order chi connectivity index (χ0) is 27.6. The quantitative estimate of drug-likeness (QED) is 0.246. The fourth-order valence-corrected chi connectivity index (χ4v) is 4.95. The number of nitrogens with zero attached hydrogens (tertiary/aromatic N) is 3. The lowest BCUT2D eigenvalue weighted by Gasteiger charge is -2.16. The zero-order valence-electron chi connectivity index (χ0n) is 20.7. The number of anilines is 3. The number of benzene rings is 2. The molecule has 1 amide bonds. The summed E-state index contributed by atoms with van der Waals surface area (Å²) >= 11 is 0. The van der Waals surface area contributed by atoms with Gasteiger partial charge >= 0.3 is 6.01 Å². The van der Waals surface area contributed by atoms with Crippen LogP contribution >= 0.6 is 0 Å². The van der Waals surface area contributed by atoms with Gasteiger partial charge in [-0.3, -0.25) is 14.5 Å². The van der Waals surface area contributed by atoms with E-state index in [1.165, 1.54) is 32.7 Å². The molecule has 3 heterocycles. The van der Waals surface area contributed by atoms with Gasteiger partial charge in [-0.25, -0.2) is 13.4 Å². The molecule has 0 fully saturated rings. The molecule has 0 bridgehead atoms. The van der Waals surface area contributed by atoms with Crippen molar-refractivity contribution in [3.63, 3.8) is 0 Å². The van der Waals surface area contributed by atoms with E-state index < -0.39 is 15.9 Å². The maximum atomic E-state index is 12.6. The number of nitrogens with two attached hydrogens (primary N) is 1. The van der Waals surface area contributed by atoms with Gasteiger partial charge in [-0.2, -0.15) is 4.98 Å². The summed E-state index contributed by atoms with van der Waals surface area (Å²) in [5.74, 6) is -0.415. The molecule has 0 radical (unpaired) electrons. The molecule has 12 nitrogen and oxygen atoms in total. The third kappa shape index (κ3) is 5.02. The maximum Gasteiger partial charge on any atom is 0.319 e. The van der Waals surface area contributed by atoms with E-state index in [4.69, 9.17) is 19.6 Å². The largest absolute Gasteiger partial charge is 0.480 e. The molecule has 0 aliphatic carbocycles. The van der Waals surface area contributed by atoms with Gasteiger partial charge in [-0.05, 0) is 24.3 Å². The van der Waals surface area contributed by atoms with E-state index in [-0.39, 0.29) is 22.3 Å². The maximum absolute atomic E-state index is 12.6. The van der Waals surface area contributed by atoms with Crippen LogP contribution in [-0.2, 0) is 10.0 Å². The van der Waals surface area contributed by atoms with Gasteiger partial charge in [0.05, 0.1) is 48.5 Å². The number of nitrogens with one attached hydrogen (secondary N) is 2. The van der Waals surface area contributed by atoms with Gasteiger partial charge in [0.1, 0.15) is 11.2 Å². The first-order chi connectivity index (χ1) is 18.8. The molecule has 0 atom stereocenters. The fourth-order valence-electron chi connectivity index (χ4n) is 3.98. The van der Waals surface area contributed by atoms with Crippen LogP contribution in [0.25, 0.3) is 22.0 Å². The first-order valence-electron chi connectivity index (χ1n) is 11.4. The van der Waals surface area contributed by atoms with Crippen LogP contribution in [0, 0.1) is 0 Å². The lowest BCUT2D eigenvalue weighted by Crippen LogP contribution is -2.14. The predicted molar refractivity (Wildman–Crippen MR) is 144 cm³/mol. The highest BCUT2D eigenvalue weighted by Gasteiger charge is 2.20. The lowest BCUT2D eigenvalue weighted by atomic mass is 10.0. The number of ether oxygens (including phenoxy) is 2. The monoisotopic (exact) mass is 546 g/mol. The summed E-state index contributed by atoms with van der Waals surface area (Å²) in [5, 5.41) is 3.78. The minimum absolute atomic E-state index is 0.0116. The topological polar surface area (TPSA) is 172 Å². The number of carbonyl (C=O) groups is 1. The number of pyridine rings is 1. The number of hydrogen-bond donors (Lipinski definition) is 3. The van der Waals surface area contributed by atoms with Gasteiger partial charge in [0.15, 0.2) is 0 Å². The molecular formula is C26H22N6O6S. The van der Waals surface area contributed by atoms with Gasteiger partial charge in [0.2, 0.25) is 5.88 Å². The van der Waals surface area contributed by atoms with E-state index in [0.29, 0.717) is 39.1 Å². The number of fused-ring (bicyclic) bond motifs is 1. The Kier molecular flexibility index (Phi) is 6.73. The molecule has 5 rings (SSSR count). The van der Waals surface area contributed by atoms with Gasteiger partial charge in [0.25, 0.3) is 15.9 Å². The van der Waals surface area contributed by atoms with E-state index in [9.17, 15) is 13.2 Å². The minimum atomic E-state index is -3.85. The van der Waals surface area contributed by atoms with Crippen LogP contribution in [0.2, 0.25) is 0 Å². The number of furan rings is 1. The third-order valence-corrected chi connectivity index (χ3v) is 7.11. The standard InChI is InChI=1S/C26H22N6O6S/c1-36-25-20(12-29-26(31-25)37-2)18-7-4-8-19-22(18)28-13-21(24(27)33)23(19)30-15-5-3-6-16(11-15)32-39(34,35)17-9-10-38-14-17/h3-14,32H,1-2H3,(H2,27,33)(H,28,30). The van der Waals surface area contributed by atoms with Crippen LogP contribution in [0.5, 0.6) is 11.9 Å². The molecular weight excluding hydrogens is 524 g/mol. The molecule has 3 aromatic heterocycles. The molecule has 0 spiro atoms. The first kappa shape index (κ1) is 25.5. The Morgan fingerprint density at radius 3 is 2.49 bits per heavy atom. The molecule has 0 aliphatic rings. The Morgan fingerprint density at radius 1 is 0.974 bits per heavy atom. The molecule has 39 heavy (non-hydrogen) atoms. The van der Waals surface area contributed by atoms with Gasteiger partial charge < -0.3 is 24.9 Å². The van der Waals surface area contributed by atoms with Crippen molar-refractivity contribution in [1.29, 1.82) is 0 Å². The van der Waals surface area contributed by atoms with Crippen LogP contribution in [0.1, 0.15) is 10.4 Å². The van der Waals surface area contributed by atoms with Crippen LogP contribution in [0.3, 0.4) is 0 Å². The SMILES string of the molecule is COc1ncc(-c2cccc3c(Nc4cccc(NS(=O)(=O)c5ccoc5)c4)c(C(N)=O)cnc23)c(OC)n1. The van der Waals surface area contributed by atoms with Crippen molar-refractivity contribution < 1.29 is 27.1 Å². The number of methoxy groups -OCH3 is 2. The number of primary amides is 1. The second kappa shape index (κ2) is 10.3. The third-order valence-electron chi connectivity index (χ3n) is 5.75. The molecule has 13 heteroatoms. The molecule has 198 valence electrons. The van der Waals surface area contributed by atoms with Crippen molar-refractivity contribution >= 4 is 43.9 Å². The van der Waals surface area contributed by atoms with Crippen LogP contribution < -0.4 is 25.2 Å². The number of para-hydroxylation sites is 1. The number of sulfonamides is 1. The van der Waals surface area contributed by atoms with E-state index >= 15 is 0 Å². The van der Waals surface area contributed by atoms with Crippen LogP contribution in [-0.4, -0.2) is 43.5 Å². The Bertz CT molecular complexity index is 1790. The van der Waals surface area contributed by atoms with E-state index in [1.54, 1.807) is 42.6 Å². The van der Waals surface area contributed by atoms with Gasteiger partial charge in [-0.15, -0.1) is 0 Å². The van der Waals surface area contributed by atoms with Crippen molar-refractivity contribution in [2.45, 2.75) is 4.90 Å². The number of rotatable bonds is 9. The van der Waals surface area contributed by atoms with Crippen molar-refractivity contribution in [2.75, 3.05) is 24.3 Å². The first-order valence-corrected chi connectivity index (χ1v) is 12.9. The number of amides is 1. The van der Waals surface area contributed by atoms with Gasteiger partial charge in [-0.1, -0.05) is 24.3 Å². The molecule has 2 aromatic carbocycles. The Hall–Kier alpha value is -5.17. The summed E-state index contributed by atoms with van der Waals surface area (Å²) in [6.07, 6.45) is 5.34. The average molecular weight is 547 g/mol. The molecule has 0 unspecified atom stereocenters. The predicted octanol–water partition coefficient (Wildman–Crippen LogP) is 3.95. The molecule has 0 aliphatic heterocycles. The summed E-state index contributed by atoms with van der Waals surface area (Å²) < 4.78 is 43.2. The van der Waals surface area contributed by atoms with Crippen molar-refractivity contribution in [3.8, 4) is 23.0 Å². The van der Waals surface area contributed by atoms with E-state index in [1.807, 2.05) is 6.07 Å². The Morgan fingerprint density at radius 2 is 1.77 bits per heavy atom. The summed E-state index contributed by atoms with van der Waals surface area (Å²) in [4.78, 5) is 25.3. The second-order valence-electron chi connectivity index (χ2n) is 8.16. The molecule has 5 aromatic rings. The van der Waals surface area contributed by atoms with Crippen LogP contribution in [0.4, 0.5) is 17.1 Å². The summed E-state index contributed by atoms with van der Waals surface area (Å²) in [6.45, 7) is 0. The Labute approximate surface area is 222 Å². The number of carbonyl (C=O) groups excluding carboxylic acids is 1. The Balaban J connectivity index is 1.59. The molecule has 4 N–H and O–H groups in total. The fraction of sp³-hybridized carbons (Fsp3) is 0.0769. The summed E-state index contributed by atoms with van der Waals surface area (Å²) in [7, 11) is -0.917. The zero-order valence-corrected chi connectivity index (χ0v) is 21.5. The average Bonchev–Trinajstić information content (AvgIpc) is 3.49. The normalized spacial score (nSPS) is 11.2. The van der Waals surface area contributed by atoms with Crippen molar-refractivity contribution in [1.82, 2.24) is 15.0 Å².